The molecule has 0 saturated carbocycles. The van der Waals surface area contributed by atoms with E-state index in [1.54, 1.807) is 7.11 Å². The summed E-state index contributed by atoms with van der Waals surface area (Å²) in [5.41, 5.74) is 1.21. The van der Waals surface area contributed by atoms with E-state index in [2.05, 4.69) is 12.1 Å². The summed E-state index contributed by atoms with van der Waals surface area (Å²) in [6.07, 6.45) is 4.70. The van der Waals surface area contributed by atoms with Gasteiger partial charge in [0.25, 0.3) is 0 Å². The van der Waals surface area contributed by atoms with Crippen LogP contribution in [-0.2, 0) is 25.6 Å². The molecule has 4 nitrogen and oxygen atoms in total. The molecular formula is C19H27ClO4. The van der Waals surface area contributed by atoms with Crippen molar-refractivity contribution in [3.05, 3.63) is 35.9 Å². The molecule has 0 bridgehead atoms. The number of methoxy groups -OCH3 is 1. The van der Waals surface area contributed by atoms with Crippen LogP contribution >= 0.6 is 11.6 Å². The molecule has 5 heteroatoms. The van der Waals surface area contributed by atoms with Gasteiger partial charge in [-0.25, -0.2) is 0 Å². The highest BCUT2D eigenvalue weighted by Gasteiger charge is 2.52. The van der Waals surface area contributed by atoms with Crippen molar-refractivity contribution < 1.29 is 18.9 Å². The maximum atomic E-state index is 6.52. The fourth-order valence-electron chi connectivity index (χ4n) is 3.55. The maximum Gasteiger partial charge on any atom is 0.196 e. The van der Waals surface area contributed by atoms with Crippen LogP contribution in [-0.4, -0.2) is 43.7 Å². The van der Waals surface area contributed by atoms with Gasteiger partial charge >= 0.3 is 0 Å². The van der Waals surface area contributed by atoms with Crippen LogP contribution in [0.3, 0.4) is 0 Å². The first-order chi connectivity index (χ1) is 11.7. The molecule has 0 unspecified atom stereocenters. The molecule has 4 atom stereocenters. The van der Waals surface area contributed by atoms with Gasteiger partial charge in [-0.1, -0.05) is 30.3 Å². The van der Waals surface area contributed by atoms with Gasteiger partial charge < -0.3 is 18.9 Å². The van der Waals surface area contributed by atoms with E-state index in [-0.39, 0.29) is 17.6 Å². The van der Waals surface area contributed by atoms with Crippen LogP contribution < -0.4 is 0 Å². The first-order valence-electron chi connectivity index (χ1n) is 8.84. The van der Waals surface area contributed by atoms with Crippen LogP contribution in [0.2, 0.25) is 0 Å². The van der Waals surface area contributed by atoms with Crippen molar-refractivity contribution in [1.29, 1.82) is 0 Å². The number of alkyl halides is 1. The van der Waals surface area contributed by atoms with E-state index < -0.39 is 5.79 Å². The number of benzene rings is 1. The maximum absolute atomic E-state index is 6.52. The normalized spacial score (nSPS) is 32.7. The van der Waals surface area contributed by atoms with E-state index in [1.165, 1.54) is 5.56 Å². The van der Waals surface area contributed by atoms with Crippen molar-refractivity contribution in [1.82, 2.24) is 0 Å². The fraction of sp³-hybridized carbons (Fsp3) is 0.684. The summed E-state index contributed by atoms with van der Waals surface area (Å²) in [5.74, 6) is -0.623. The first-order valence-corrected chi connectivity index (χ1v) is 9.27. The Morgan fingerprint density at radius 1 is 1.25 bits per heavy atom. The summed E-state index contributed by atoms with van der Waals surface area (Å²) >= 11 is 6.52. The third-order valence-corrected chi connectivity index (χ3v) is 5.36. The first kappa shape index (κ1) is 18.2. The van der Waals surface area contributed by atoms with Gasteiger partial charge in [-0.05, 0) is 24.8 Å². The summed E-state index contributed by atoms with van der Waals surface area (Å²) < 4.78 is 23.2. The molecule has 2 aliphatic rings. The summed E-state index contributed by atoms with van der Waals surface area (Å²) in [6.45, 7) is 2.12. The molecule has 24 heavy (non-hydrogen) atoms. The van der Waals surface area contributed by atoms with E-state index in [9.17, 15) is 0 Å². The number of halogens is 1. The monoisotopic (exact) mass is 354 g/mol. The molecule has 3 rings (SSSR count). The highest BCUT2D eigenvalue weighted by atomic mass is 35.5. The van der Waals surface area contributed by atoms with E-state index in [0.29, 0.717) is 19.6 Å². The van der Waals surface area contributed by atoms with Gasteiger partial charge in [0.2, 0.25) is 0 Å². The quantitative estimate of drug-likeness (QED) is 0.524. The predicted molar refractivity (Wildman–Crippen MR) is 93.2 cm³/mol. The summed E-state index contributed by atoms with van der Waals surface area (Å²) in [5, 5.41) is -0.0652. The summed E-state index contributed by atoms with van der Waals surface area (Å²) in [7, 11) is 1.68. The molecule has 0 aromatic heterocycles. The molecule has 1 aromatic rings. The Balaban J connectivity index is 1.34. The van der Waals surface area contributed by atoms with Crippen molar-refractivity contribution >= 4 is 11.6 Å². The van der Waals surface area contributed by atoms with Crippen molar-refractivity contribution in [3.8, 4) is 0 Å². The Labute approximate surface area is 149 Å². The minimum atomic E-state index is -0.623. The lowest BCUT2D eigenvalue weighted by Gasteiger charge is -2.42. The largest absolute Gasteiger partial charge is 0.377 e. The van der Waals surface area contributed by atoms with E-state index in [1.807, 2.05) is 18.2 Å². The molecule has 1 aromatic carbocycles. The molecule has 134 valence electrons. The van der Waals surface area contributed by atoms with E-state index >= 15 is 0 Å². The van der Waals surface area contributed by atoms with Crippen LogP contribution in [0.1, 0.15) is 37.7 Å². The van der Waals surface area contributed by atoms with Gasteiger partial charge in [-0.15, -0.1) is 11.6 Å². The Bertz CT molecular complexity index is 497. The van der Waals surface area contributed by atoms with Crippen LogP contribution in [0.15, 0.2) is 30.3 Å². The second kappa shape index (κ2) is 8.63. The average molecular weight is 355 g/mol. The summed E-state index contributed by atoms with van der Waals surface area (Å²) in [4.78, 5) is 0. The number of fused-ring (bicyclic) bond motifs is 1. The van der Waals surface area contributed by atoms with Crippen molar-refractivity contribution in [2.45, 2.75) is 62.1 Å². The van der Waals surface area contributed by atoms with Gasteiger partial charge in [0.1, 0.15) is 6.10 Å². The second-order valence-corrected chi connectivity index (χ2v) is 7.13. The molecule has 2 fully saturated rings. The minimum absolute atomic E-state index is 0.0110. The lowest BCUT2D eigenvalue weighted by molar-refractivity contribution is -0.275. The SMILES string of the molecule is CO[C@@]12C[C@H](Cl)[C@@H](CCCCOCc3ccccc3)O[C@@H]1CCO2. The van der Waals surface area contributed by atoms with Crippen LogP contribution in [0, 0.1) is 0 Å². The Kier molecular flexibility index (Phi) is 6.53. The van der Waals surface area contributed by atoms with Crippen molar-refractivity contribution in [2.24, 2.45) is 0 Å². The van der Waals surface area contributed by atoms with Gasteiger partial charge in [-0.2, -0.15) is 0 Å². The van der Waals surface area contributed by atoms with Crippen molar-refractivity contribution in [3.63, 3.8) is 0 Å². The molecule has 2 saturated heterocycles. The second-order valence-electron chi connectivity index (χ2n) is 6.57. The average Bonchev–Trinajstić information content (AvgIpc) is 3.02. The number of hydrogen-bond donors (Lipinski definition) is 0. The molecule has 2 heterocycles. The number of ether oxygens (including phenoxy) is 4. The van der Waals surface area contributed by atoms with Crippen molar-refractivity contribution in [2.75, 3.05) is 20.3 Å². The van der Waals surface area contributed by atoms with Crippen LogP contribution in [0.25, 0.3) is 0 Å². The number of rotatable bonds is 8. The topological polar surface area (TPSA) is 36.9 Å². The fourth-order valence-corrected chi connectivity index (χ4v) is 3.95. The van der Waals surface area contributed by atoms with Crippen LogP contribution in [0.5, 0.6) is 0 Å². The molecule has 0 aliphatic carbocycles. The summed E-state index contributed by atoms with van der Waals surface area (Å²) in [6, 6.07) is 10.3. The Morgan fingerprint density at radius 2 is 2.08 bits per heavy atom. The molecule has 2 aliphatic heterocycles. The lowest BCUT2D eigenvalue weighted by atomic mass is 9.94. The molecule has 0 amide bonds. The third kappa shape index (κ3) is 4.30. The molecule has 0 N–H and O–H groups in total. The van der Waals surface area contributed by atoms with Crippen LogP contribution in [0.4, 0.5) is 0 Å². The Hall–Kier alpha value is -0.650. The zero-order chi connectivity index (χ0) is 16.8. The highest BCUT2D eigenvalue weighted by Crippen LogP contribution is 2.42. The van der Waals surface area contributed by atoms with E-state index in [0.717, 1.165) is 32.3 Å². The Morgan fingerprint density at radius 3 is 2.88 bits per heavy atom. The molecule has 0 radical (unpaired) electrons. The minimum Gasteiger partial charge on any atom is -0.377 e. The zero-order valence-corrected chi connectivity index (χ0v) is 15.0. The number of unbranched alkanes of at least 4 members (excludes halogenated alkanes) is 1. The highest BCUT2D eigenvalue weighted by molar-refractivity contribution is 6.21. The third-order valence-electron chi connectivity index (χ3n) is 4.92. The predicted octanol–water partition coefficient (Wildman–Crippen LogP) is 3.90. The van der Waals surface area contributed by atoms with Gasteiger partial charge in [0, 0.05) is 26.6 Å². The smallest absolute Gasteiger partial charge is 0.196 e. The lowest BCUT2D eigenvalue weighted by Crippen LogP contribution is -2.53. The number of hydrogen-bond acceptors (Lipinski definition) is 4. The standard InChI is InChI=1S/C19H27ClO4/c1-21-19-13-16(20)17(24-18(19)10-12-23-19)9-5-6-11-22-14-15-7-3-2-4-8-15/h2-4,7-8,16-18H,5-6,9-14H2,1H3/t16-,17+,18+,19+/m0/s1. The molecular weight excluding hydrogens is 328 g/mol. The van der Waals surface area contributed by atoms with Gasteiger partial charge in [0.05, 0.1) is 24.7 Å². The van der Waals surface area contributed by atoms with E-state index in [4.69, 9.17) is 30.5 Å². The molecule has 0 spiro atoms. The van der Waals surface area contributed by atoms with Gasteiger partial charge in [0.15, 0.2) is 5.79 Å². The zero-order valence-electron chi connectivity index (χ0n) is 14.3. The van der Waals surface area contributed by atoms with Gasteiger partial charge in [-0.3, -0.25) is 0 Å².